The van der Waals surface area contributed by atoms with Crippen LogP contribution in [0, 0.1) is 0 Å². The third-order valence-electron chi connectivity index (χ3n) is 2.01. The van der Waals surface area contributed by atoms with Crippen molar-refractivity contribution in [3.8, 4) is 0 Å². The summed E-state index contributed by atoms with van der Waals surface area (Å²) < 4.78 is 0. The van der Waals surface area contributed by atoms with Crippen molar-refractivity contribution < 1.29 is 4.79 Å². The van der Waals surface area contributed by atoms with Crippen molar-refractivity contribution in [1.82, 2.24) is 4.90 Å². The van der Waals surface area contributed by atoms with Crippen LogP contribution in [0.3, 0.4) is 0 Å². The van der Waals surface area contributed by atoms with E-state index in [-0.39, 0.29) is 5.91 Å². The fourth-order valence-corrected chi connectivity index (χ4v) is 1.30. The molecule has 2 rings (SSSR count). The van der Waals surface area contributed by atoms with E-state index in [4.69, 9.17) is 0 Å². The van der Waals surface area contributed by atoms with Gasteiger partial charge >= 0.3 is 0 Å². The van der Waals surface area contributed by atoms with E-state index in [2.05, 4.69) is 5.32 Å². The van der Waals surface area contributed by atoms with E-state index < -0.39 is 0 Å². The van der Waals surface area contributed by atoms with Crippen molar-refractivity contribution in [2.24, 2.45) is 0 Å². The number of amides is 1. The van der Waals surface area contributed by atoms with Crippen molar-refractivity contribution in [1.29, 1.82) is 0 Å². The number of rotatable bonds is 0. The van der Waals surface area contributed by atoms with Gasteiger partial charge in [-0.2, -0.15) is 0 Å². The van der Waals surface area contributed by atoms with Crippen LogP contribution < -0.4 is 5.32 Å². The number of nitrogens with one attached hydrogen (secondary N) is 1. The highest BCUT2D eigenvalue weighted by Gasteiger charge is 2.19. The molecule has 1 heterocycles. The Balaban J connectivity index is 2.49. The first-order valence-electron chi connectivity index (χ1n) is 3.87. The van der Waals surface area contributed by atoms with E-state index in [9.17, 15) is 4.79 Å². The zero-order valence-corrected chi connectivity index (χ0v) is 6.87. The highest BCUT2D eigenvalue weighted by molar-refractivity contribution is 6.00. The quantitative estimate of drug-likeness (QED) is 0.620. The number of benzene rings is 1. The van der Waals surface area contributed by atoms with Crippen LogP contribution in [0.1, 0.15) is 10.4 Å². The van der Waals surface area contributed by atoms with Crippen molar-refractivity contribution in [3.05, 3.63) is 29.8 Å². The number of carbonyl (C=O) groups is 1. The lowest BCUT2D eigenvalue weighted by Crippen LogP contribution is -2.36. The van der Waals surface area contributed by atoms with E-state index in [1.165, 1.54) is 0 Å². The zero-order valence-electron chi connectivity index (χ0n) is 6.87. The van der Waals surface area contributed by atoms with Gasteiger partial charge in [-0.1, -0.05) is 12.1 Å². The first-order chi connectivity index (χ1) is 5.79. The molecule has 1 N–H and O–H groups in total. The summed E-state index contributed by atoms with van der Waals surface area (Å²) in [5.74, 6) is 0.0874. The predicted octanol–water partition coefficient (Wildman–Crippen LogP) is 1.14. The second-order valence-corrected chi connectivity index (χ2v) is 2.88. The summed E-state index contributed by atoms with van der Waals surface area (Å²) in [6.45, 7) is 0.593. The number of hydrogen-bond acceptors (Lipinski definition) is 2. The van der Waals surface area contributed by atoms with Gasteiger partial charge in [0.2, 0.25) is 0 Å². The Kier molecular flexibility index (Phi) is 1.50. The van der Waals surface area contributed by atoms with E-state index in [0.717, 1.165) is 11.3 Å². The highest BCUT2D eigenvalue weighted by atomic mass is 16.2. The number of nitrogens with zero attached hydrogens (tertiary/aromatic N) is 1. The number of hydrogen-bond donors (Lipinski definition) is 1. The normalized spacial score (nSPS) is 15.4. The average molecular weight is 162 g/mol. The third kappa shape index (κ3) is 0.942. The minimum absolute atomic E-state index is 0.0874. The molecule has 0 aliphatic carbocycles. The fraction of sp³-hybridized carbons (Fsp3) is 0.222. The van der Waals surface area contributed by atoms with Crippen LogP contribution >= 0.6 is 0 Å². The minimum atomic E-state index is 0.0874. The molecular formula is C9H10N2O. The molecule has 3 heteroatoms. The Bertz CT molecular complexity index is 322. The summed E-state index contributed by atoms with van der Waals surface area (Å²) in [6, 6.07) is 7.54. The fourth-order valence-electron chi connectivity index (χ4n) is 1.30. The summed E-state index contributed by atoms with van der Waals surface area (Å²) in [6.07, 6.45) is 0. The van der Waals surface area contributed by atoms with Gasteiger partial charge in [-0.25, -0.2) is 0 Å². The number of anilines is 1. The topological polar surface area (TPSA) is 32.3 Å². The van der Waals surface area contributed by atoms with Crippen LogP contribution in [0.4, 0.5) is 5.69 Å². The van der Waals surface area contributed by atoms with E-state index in [1.807, 2.05) is 24.3 Å². The molecule has 0 bridgehead atoms. The number of para-hydroxylation sites is 1. The third-order valence-corrected chi connectivity index (χ3v) is 2.01. The van der Waals surface area contributed by atoms with Gasteiger partial charge in [-0.15, -0.1) is 0 Å². The maximum Gasteiger partial charge on any atom is 0.257 e. The van der Waals surface area contributed by atoms with Crippen LogP contribution in [0.2, 0.25) is 0 Å². The summed E-state index contributed by atoms with van der Waals surface area (Å²) in [4.78, 5) is 13.2. The lowest BCUT2D eigenvalue weighted by atomic mass is 10.1. The van der Waals surface area contributed by atoms with Gasteiger partial charge in [0, 0.05) is 12.7 Å². The Labute approximate surface area is 71.0 Å². The van der Waals surface area contributed by atoms with Crippen LogP contribution in [-0.2, 0) is 0 Å². The molecule has 0 unspecified atom stereocenters. The summed E-state index contributed by atoms with van der Waals surface area (Å²) in [7, 11) is 1.78. The number of carbonyl (C=O) groups excluding carboxylic acids is 1. The van der Waals surface area contributed by atoms with Crippen LogP contribution in [0.15, 0.2) is 24.3 Å². The standard InChI is InChI=1S/C9H10N2O/c1-11-6-10-8-5-3-2-4-7(8)9(11)12/h2-5,10H,6H2,1H3. The minimum Gasteiger partial charge on any atom is -0.367 e. The van der Waals surface area contributed by atoms with Crippen molar-refractivity contribution in [2.75, 3.05) is 19.0 Å². The van der Waals surface area contributed by atoms with Crippen molar-refractivity contribution in [2.45, 2.75) is 0 Å². The molecule has 0 saturated heterocycles. The Morgan fingerprint density at radius 3 is 3.00 bits per heavy atom. The van der Waals surface area contributed by atoms with E-state index in [0.29, 0.717) is 6.67 Å². The first-order valence-corrected chi connectivity index (χ1v) is 3.87. The molecule has 1 aromatic rings. The molecular weight excluding hydrogens is 152 g/mol. The summed E-state index contributed by atoms with van der Waals surface area (Å²) in [5, 5.41) is 3.15. The summed E-state index contributed by atoms with van der Waals surface area (Å²) >= 11 is 0. The molecule has 0 fully saturated rings. The molecule has 1 amide bonds. The Morgan fingerprint density at radius 1 is 1.42 bits per heavy atom. The van der Waals surface area contributed by atoms with Crippen molar-refractivity contribution in [3.63, 3.8) is 0 Å². The molecule has 1 aliphatic rings. The SMILES string of the molecule is CN1CNc2ccccc2C1=O. The monoisotopic (exact) mass is 162 g/mol. The second kappa shape index (κ2) is 2.52. The van der Waals surface area contributed by atoms with Crippen molar-refractivity contribution >= 4 is 11.6 Å². The molecule has 62 valence electrons. The molecule has 12 heavy (non-hydrogen) atoms. The van der Waals surface area contributed by atoms with E-state index >= 15 is 0 Å². The molecule has 1 aliphatic heterocycles. The Hall–Kier alpha value is -1.51. The Morgan fingerprint density at radius 2 is 2.17 bits per heavy atom. The molecule has 0 aromatic heterocycles. The highest BCUT2D eigenvalue weighted by Crippen LogP contribution is 2.19. The first kappa shape index (κ1) is 7.16. The average Bonchev–Trinajstić information content (AvgIpc) is 2.12. The second-order valence-electron chi connectivity index (χ2n) is 2.88. The van der Waals surface area contributed by atoms with Gasteiger partial charge in [-0.3, -0.25) is 4.79 Å². The zero-order chi connectivity index (χ0) is 8.55. The van der Waals surface area contributed by atoms with Gasteiger partial charge in [-0.05, 0) is 12.1 Å². The van der Waals surface area contributed by atoms with E-state index in [1.54, 1.807) is 11.9 Å². The molecule has 0 spiro atoms. The van der Waals surface area contributed by atoms with Gasteiger partial charge in [0.25, 0.3) is 5.91 Å². The molecule has 0 atom stereocenters. The lowest BCUT2D eigenvalue weighted by molar-refractivity contribution is 0.0797. The van der Waals surface area contributed by atoms with Crippen LogP contribution in [-0.4, -0.2) is 24.5 Å². The molecule has 0 saturated carbocycles. The van der Waals surface area contributed by atoms with Gasteiger partial charge in [0.15, 0.2) is 0 Å². The van der Waals surface area contributed by atoms with Gasteiger partial charge in [0.05, 0.1) is 12.2 Å². The number of fused-ring (bicyclic) bond motifs is 1. The molecule has 3 nitrogen and oxygen atoms in total. The van der Waals surface area contributed by atoms with Crippen LogP contribution in [0.25, 0.3) is 0 Å². The van der Waals surface area contributed by atoms with Crippen LogP contribution in [0.5, 0.6) is 0 Å². The largest absolute Gasteiger partial charge is 0.367 e. The maximum absolute atomic E-state index is 11.5. The van der Waals surface area contributed by atoms with Gasteiger partial charge < -0.3 is 10.2 Å². The molecule has 1 aromatic carbocycles. The summed E-state index contributed by atoms with van der Waals surface area (Å²) in [5.41, 5.74) is 1.69. The predicted molar refractivity (Wildman–Crippen MR) is 47.0 cm³/mol. The maximum atomic E-state index is 11.5. The van der Waals surface area contributed by atoms with Gasteiger partial charge in [0.1, 0.15) is 0 Å². The lowest BCUT2D eigenvalue weighted by Gasteiger charge is -2.25. The smallest absolute Gasteiger partial charge is 0.257 e. The molecule has 0 radical (unpaired) electrons.